The minimum Gasteiger partial charge on any atom is -0.449 e. The van der Waals surface area contributed by atoms with Crippen LogP contribution in [0.1, 0.15) is 31.2 Å². The van der Waals surface area contributed by atoms with Gasteiger partial charge in [-0.3, -0.25) is 4.90 Å². The summed E-state index contributed by atoms with van der Waals surface area (Å²) >= 11 is 0. The van der Waals surface area contributed by atoms with Crippen molar-refractivity contribution in [1.82, 2.24) is 4.90 Å². The third kappa shape index (κ3) is 2.19. The summed E-state index contributed by atoms with van der Waals surface area (Å²) in [6.07, 6.45) is 8.09. The van der Waals surface area contributed by atoms with E-state index in [0.29, 0.717) is 0 Å². The van der Waals surface area contributed by atoms with E-state index in [1.54, 1.807) is 18.2 Å². The van der Waals surface area contributed by atoms with Gasteiger partial charge in [0.1, 0.15) is 5.82 Å². The van der Waals surface area contributed by atoms with Crippen molar-refractivity contribution in [1.29, 1.82) is 0 Å². The van der Waals surface area contributed by atoms with Crippen LogP contribution in [0.5, 0.6) is 0 Å². The van der Waals surface area contributed by atoms with E-state index in [0.717, 1.165) is 36.1 Å². The highest BCUT2D eigenvalue weighted by Gasteiger charge is 2.61. The molecule has 126 valence electrons. The second-order valence-corrected chi connectivity index (χ2v) is 7.23. The zero-order valence-electron chi connectivity index (χ0n) is 13.8. The molecule has 5 rings (SSSR count). The second-order valence-electron chi connectivity index (χ2n) is 7.23. The van der Waals surface area contributed by atoms with Gasteiger partial charge in [-0.25, -0.2) is 9.18 Å². The molecule has 3 atom stereocenters. The van der Waals surface area contributed by atoms with Gasteiger partial charge in [-0.1, -0.05) is 24.3 Å². The maximum atomic E-state index is 13.1. The number of benzene rings is 1. The molecule has 4 aliphatic rings. The van der Waals surface area contributed by atoms with Gasteiger partial charge >= 0.3 is 5.97 Å². The summed E-state index contributed by atoms with van der Waals surface area (Å²) in [7, 11) is 0. The van der Waals surface area contributed by atoms with Crippen LogP contribution in [0.2, 0.25) is 0 Å². The Morgan fingerprint density at radius 3 is 2.88 bits per heavy atom. The van der Waals surface area contributed by atoms with Crippen LogP contribution in [0.25, 0.3) is 0 Å². The molecule has 0 saturated carbocycles. The number of hydrogen-bond acceptors (Lipinski definition) is 3. The fourth-order valence-electron chi connectivity index (χ4n) is 4.84. The largest absolute Gasteiger partial charge is 0.449 e. The number of fused-ring (bicyclic) bond motifs is 3. The summed E-state index contributed by atoms with van der Waals surface area (Å²) < 4.78 is 18.9. The molecule has 0 N–H and O–H groups in total. The first-order valence-electron chi connectivity index (χ1n) is 8.86. The number of nitrogens with zero attached hydrogens (tertiary/aromatic N) is 1. The molecule has 25 heavy (non-hydrogen) atoms. The number of rotatable bonds is 0. The van der Waals surface area contributed by atoms with Gasteiger partial charge in [0, 0.05) is 35.2 Å². The van der Waals surface area contributed by atoms with Crippen molar-refractivity contribution >= 4 is 5.97 Å². The highest BCUT2D eigenvalue weighted by atomic mass is 19.1. The van der Waals surface area contributed by atoms with E-state index in [2.05, 4.69) is 22.8 Å². The molecule has 2 bridgehead atoms. The van der Waals surface area contributed by atoms with Crippen molar-refractivity contribution in [3.05, 3.63) is 58.9 Å². The third-order valence-electron chi connectivity index (χ3n) is 5.86. The Morgan fingerprint density at radius 2 is 2.04 bits per heavy atom. The van der Waals surface area contributed by atoms with Crippen LogP contribution in [0.15, 0.2) is 47.6 Å². The van der Waals surface area contributed by atoms with Gasteiger partial charge in [-0.2, -0.15) is 0 Å². The lowest BCUT2D eigenvalue weighted by atomic mass is 9.77. The lowest BCUT2D eigenvalue weighted by molar-refractivity contribution is -0.148. The summed E-state index contributed by atoms with van der Waals surface area (Å²) in [6, 6.07) is 6.71. The first kappa shape index (κ1) is 14.9. The summed E-state index contributed by atoms with van der Waals surface area (Å²) in [6.45, 7) is 1.05. The Hall–Kier alpha value is -2.38. The van der Waals surface area contributed by atoms with Gasteiger partial charge in [0.05, 0.1) is 6.04 Å². The van der Waals surface area contributed by atoms with Crippen LogP contribution in [-0.4, -0.2) is 35.1 Å². The van der Waals surface area contributed by atoms with Gasteiger partial charge in [0.15, 0.2) is 5.60 Å². The van der Waals surface area contributed by atoms with E-state index >= 15 is 0 Å². The third-order valence-corrected chi connectivity index (χ3v) is 5.86. The molecule has 4 heteroatoms. The van der Waals surface area contributed by atoms with Gasteiger partial charge < -0.3 is 4.74 Å². The number of carbonyl (C=O) groups excluding carboxylic acids is 1. The Labute approximate surface area is 146 Å². The zero-order valence-corrected chi connectivity index (χ0v) is 13.8. The number of halogens is 1. The van der Waals surface area contributed by atoms with Crippen molar-refractivity contribution in [3.63, 3.8) is 0 Å². The summed E-state index contributed by atoms with van der Waals surface area (Å²) in [4.78, 5) is 14.6. The number of ether oxygens (including phenoxy) is 1. The molecule has 0 amide bonds. The Kier molecular flexibility index (Phi) is 3.17. The van der Waals surface area contributed by atoms with E-state index in [4.69, 9.17) is 4.74 Å². The minimum atomic E-state index is -0.510. The number of piperidine rings is 1. The molecule has 3 aliphatic heterocycles. The Morgan fingerprint density at radius 1 is 1.20 bits per heavy atom. The Bertz CT molecular complexity index is 873. The molecular formula is C21H18FNO2. The highest BCUT2D eigenvalue weighted by Crippen LogP contribution is 2.53. The van der Waals surface area contributed by atoms with Crippen LogP contribution in [0, 0.1) is 17.7 Å². The van der Waals surface area contributed by atoms with Gasteiger partial charge in [0.25, 0.3) is 0 Å². The molecule has 2 fully saturated rings. The van der Waals surface area contributed by atoms with Crippen molar-refractivity contribution in [2.45, 2.75) is 43.4 Å². The monoisotopic (exact) mass is 335 g/mol. The molecule has 1 aromatic carbocycles. The fourth-order valence-corrected chi connectivity index (χ4v) is 4.84. The zero-order chi connectivity index (χ0) is 17.0. The lowest BCUT2D eigenvalue weighted by Crippen LogP contribution is -2.48. The fraction of sp³-hybridized carbons (Fsp3) is 0.381. The van der Waals surface area contributed by atoms with Crippen molar-refractivity contribution < 1.29 is 13.9 Å². The predicted octanol–water partition coefficient (Wildman–Crippen LogP) is 2.97. The standard InChI is InChI=1S/C21H18FNO2/c22-16-8-5-14(6-9-16)4-7-15-11-17-13-21(18(15)12-20(24)25-21)19-3-1-2-10-23(17)19/h5-6,8-9,11-12,17,19H,1-3,10,13H2. The maximum absolute atomic E-state index is 13.1. The number of esters is 1. The van der Waals surface area contributed by atoms with E-state index < -0.39 is 5.60 Å². The van der Waals surface area contributed by atoms with Gasteiger partial charge in [0.2, 0.25) is 0 Å². The molecule has 1 aliphatic carbocycles. The van der Waals surface area contributed by atoms with Crippen LogP contribution < -0.4 is 0 Å². The molecule has 1 aromatic rings. The molecule has 0 radical (unpaired) electrons. The minimum absolute atomic E-state index is 0.252. The van der Waals surface area contributed by atoms with Gasteiger partial charge in [-0.05, 0) is 43.7 Å². The second kappa shape index (κ2) is 5.31. The van der Waals surface area contributed by atoms with Crippen LogP contribution >= 0.6 is 0 Å². The average Bonchev–Trinajstić information content (AvgIpc) is 3.10. The lowest BCUT2D eigenvalue weighted by Gasteiger charge is -2.38. The SMILES string of the molecule is O=C1C=C2C(C#Cc3ccc(F)cc3)=CC3CC2(O1)C1CCCCN31. The molecule has 3 nitrogen and oxygen atoms in total. The first-order chi connectivity index (χ1) is 12.2. The maximum Gasteiger partial charge on any atom is 0.332 e. The molecule has 3 unspecified atom stereocenters. The predicted molar refractivity (Wildman–Crippen MR) is 91.0 cm³/mol. The highest BCUT2D eigenvalue weighted by molar-refractivity contribution is 5.90. The van der Waals surface area contributed by atoms with Crippen LogP contribution in [-0.2, 0) is 9.53 Å². The van der Waals surface area contributed by atoms with E-state index in [1.165, 1.54) is 25.0 Å². The first-order valence-corrected chi connectivity index (χ1v) is 8.86. The topological polar surface area (TPSA) is 29.5 Å². The normalized spacial score (nSPS) is 32.8. The van der Waals surface area contributed by atoms with Crippen LogP contribution in [0.4, 0.5) is 4.39 Å². The molecule has 2 saturated heterocycles. The van der Waals surface area contributed by atoms with Crippen LogP contribution in [0.3, 0.4) is 0 Å². The smallest absolute Gasteiger partial charge is 0.332 e. The number of carbonyl (C=O) groups is 1. The van der Waals surface area contributed by atoms with E-state index in [-0.39, 0.29) is 23.9 Å². The summed E-state index contributed by atoms with van der Waals surface area (Å²) in [5, 5.41) is 0. The molecular weight excluding hydrogens is 317 g/mol. The van der Waals surface area contributed by atoms with Crippen molar-refractivity contribution in [2.24, 2.45) is 0 Å². The van der Waals surface area contributed by atoms with E-state index in [1.807, 2.05) is 0 Å². The quantitative estimate of drug-likeness (QED) is 0.539. The summed E-state index contributed by atoms with van der Waals surface area (Å²) in [5.74, 6) is 5.80. The average molecular weight is 335 g/mol. The summed E-state index contributed by atoms with van der Waals surface area (Å²) in [5.41, 5.74) is 2.08. The number of hydrogen-bond donors (Lipinski definition) is 0. The Balaban J connectivity index is 1.56. The van der Waals surface area contributed by atoms with E-state index in [9.17, 15) is 9.18 Å². The molecule has 3 heterocycles. The van der Waals surface area contributed by atoms with Gasteiger partial charge in [-0.15, -0.1) is 0 Å². The van der Waals surface area contributed by atoms with Crippen molar-refractivity contribution in [2.75, 3.05) is 6.54 Å². The molecule has 1 spiro atoms. The van der Waals surface area contributed by atoms with Crippen molar-refractivity contribution in [3.8, 4) is 11.8 Å². The molecule has 0 aromatic heterocycles.